The number of rotatable bonds is 3. The van der Waals surface area contributed by atoms with E-state index >= 15 is 0 Å². The normalized spacial score (nSPS) is 10.2. The number of aromatic nitrogens is 1. The molecule has 0 radical (unpaired) electrons. The highest BCUT2D eigenvalue weighted by Gasteiger charge is 2.07. The first-order valence-corrected chi connectivity index (χ1v) is 4.33. The topological polar surface area (TPSA) is 42.0 Å². The monoisotopic (exact) mass is 178 g/mol. The first-order valence-electron chi connectivity index (χ1n) is 4.33. The maximum absolute atomic E-state index is 11.2. The number of hydrogen-bond acceptors (Lipinski definition) is 3. The Hall–Kier alpha value is -1.38. The van der Waals surface area contributed by atoms with Crippen molar-refractivity contribution in [3.8, 4) is 0 Å². The van der Waals surface area contributed by atoms with Crippen LogP contribution >= 0.6 is 0 Å². The molecule has 3 heteroatoms. The number of ketones is 1. The van der Waals surface area contributed by atoms with Crippen molar-refractivity contribution in [1.82, 2.24) is 4.98 Å². The summed E-state index contributed by atoms with van der Waals surface area (Å²) in [5.41, 5.74) is 0.649. The number of nitrogens with one attached hydrogen (secondary N) is 1. The van der Waals surface area contributed by atoms with Gasteiger partial charge < -0.3 is 5.32 Å². The zero-order valence-corrected chi connectivity index (χ0v) is 8.16. The van der Waals surface area contributed by atoms with Gasteiger partial charge in [0.15, 0.2) is 5.78 Å². The van der Waals surface area contributed by atoms with Crippen LogP contribution in [-0.2, 0) is 0 Å². The molecule has 70 valence electrons. The zero-order chi connectivity index (χ0) is 9.84. The standard InChI is InChI=1S/C10H14N2O/c1-7(2)12-10-9(8(3)13)5-4-6-11-10/h4-7H,1-3H3,(H,11,12). The summed E-state index contributed by atoms with van der Waals surface area (Å²) in [4.78, 5) is 15.3. The highest BCUT2D eigenvalue weighted by Crippen LogP contribution is 2.12. The van der Waals surface area contributed by atoms with Gasteiger partial charge in [-0.1, -0.05) is 0 Å². The highest BCUT2D eigenvalue weighted by molar-refractivity contribution is 5.98. The fourth-order valence-corrected chi connectivity index (χ4v) is 1.08. The van der Waals surface area contributed by atoms with Crippen molar-refractivity contribution in [2.45, 2.75) is 26.8 Å². The Labute approximate surface area is 78.2 Å². The molecule has 0 aliphatic rings. The summed E-state index contributed by atoms with van der Waals surface area (Å²) in [6, 6.07) is 3.83. The molecule has 1 rings (SSSR count). The van der Waals surface area contributed by atoms with Crippen LogP contribution in [-0.4, -0.2) is 16.8 Å². The summed E-state index contributed by atoms with van der Waals surface area (Å²) in [5, 5.41) is 3.12. The van der Waals surface area contributed by atoms with Crippen LogP contribution in [0.25, 0.3) is 0 Å². The van der Waals surface area contributed by atoms with Gasteiger partial charge in [-0.3, -0.25) is 4.79 Å². The van der Waals surface area contributed by atoms with Crippen molar-refractivity contribution in [3.05, 3.63) is 23.9 Å². The van der Waals surface area contributed by atoms with E-state index < -0.39 is 0 Å². The van der Waals surface area contributed by atoms with Crippen LogP contribution < -0.4 is 5.32 Å². The lowest BCUT2D eigenvalue weighted by Crippen LogP contribution is -2.13. The van der Waals surface area contributed by atoms with Crippen LogP contribution in [0.15, 0.2) is 18.3 Å². The van der Waals surface area contributed by atoms with Crippen LogP contribution in [0.1, 0.15) is 31.1 Å². The predicted octanol–water partition coefficient (Wildman–Crippen LogP) is 2.10. The number of nitrogens with zero attached hydrogens (tertiary/aromatic N) is 1. The molecular weight excluding hydrogens is 164 g/mol. The number of carbonyl (C=O) groups excluding carboxylic acids is 1. The predicted molar refractivity (Wildman–Crippen MR) is 53.0 cm³/mol. The Morgan fingerprint density at radius 2 is 2.23 bits per heavy atom. The number of anilines is 1. The SMILES string of the molecule is CC(=O)c1cccnc1NC(C)C. The van der Waals surface area contributed by atoms with Gasteiger partial charge in [0.1, 0.15) is 5.82 Å². The van der Waals surface area contributed by atoms with Crippen molar-refractivity contribution < 1.29 is 4.79 Å². The molecule has 1 N–H and O–H groups in total. The maximum atomic E-state index is 11.2. The maximum Gasteiger partial charge on any atom is 0.163 e. The van der Waals surface area contributed by atoms with E-state index in [2.05, 4.69) is 10.3 Å². The van der Waals surface area contributed by atoms with Gasteiger partial charge in [0.05, 0.1) is 5.56 Å². The molecule has 0 amide bonds. The molecule has 0 fully saturated rings. The van der Waals surface area contributed by atoms with E-state index in [1.54, 1.807) is 25.3 Å². The summed E-state index contributed by atoms with van der Waals surface area (Å²) >= 11 is 0. The molecule has 0 saturated carbocycles. The molecule has 1 heterocycles. The van der Waals surface area contributed by atoms with E-state index in [9.17, 15) is 4.79 Å². The molecular formula is C10H14N2O. The molecule has 13 heavy (non-hydrogen) atoms. The molecule has 1 aromatic rings. The number of Topliss-reactive ketones (excluding diaryl/α,β-unsaturated/α-hetero) is 1. The fraction of sp³-hybridized carbons (Fsp3) is 0.400. The Morgan fingerprint density at radius 3 is 2.77 bits per heavy atom. The van der Waals surface area contributed by atoms with E-state index in [1.807, 2.05) is 13.8 Å². The third-order valence-electron chi connectivity index (χ3n) is 1.61. The minimum atomic E-state index is 0.0382. The number of pyridine rings is 1. The molecule has 0 bridgehead atoms. The lowest BCUT2D eigenvalue weighted by atomic mass is 10.2. The molecule has 0 spiro atoms. The smallest absolute Gasteiger partial charge is 0.163 e. The molecule has 0 aromatic carbocycles. The van der Waals surface area contributed by atoms with Crippen molar-refractivity contribution in [2.75, 3.05) is 5.32 Å². The number of carbonyl (C=O) groups is 1. The average Bonchev–Trinajstić information content (AvgIpc) is 2.03. The van der Waals surface area contributed by atoms with Gasteiger partial charge in [0.2, 0.25) is 0 Å². The quantitative estimate of drug-likeness (QED) is 0.721. The number of hydrogen-bond donors (Lipinski definition) is 1. The molecule has 1 aromatic heterocycles. The van der Waals surface area contributed by atoms with E-state index in [-0.39, 0.29) is 11.8 Å². The van der Waals surface area contributed by atoms with Gasteiger partial charge in [0, 0.05) is 12.2 Å². The van der Waals surface area contributed by atoms with Crippen LogP contribution in [0.3, 0.4) is 0 Å². The van der Waals surface area contributed by atoms with E-state index in [1.165, 1.54) is 0 Å². The molecule has 0 unspecified atom stereocenters. The second-order valence-corrected chi connectivity index (χ2v) is 3.25. The fourth-order valence-electron chi connectivity index (χ4n) is 1.08. The van der Waals surface area contributed by atoms with Crippen molar-refractivity contribution in [1.29, 1.82) is 0 Å². The van der Waals surface area contributed by atoms with Crippen LogP contribution in [0, 0.1) is 0 Å². The first-order chi connectivity index (χ1) is 6.11. The lowest BCUT2D eigenvalue weighted by molar-refractivity contribution is 0.101. The second kappa shape index (κ2) is 4.03. The molecule has 0 saturated heterocycles. The van der Waals surface area contributed by atoms with Crippen LogP contribution in [0.5, 0.6) is 0 Å². The van der Waals surface area contributed by atoms with Gasteiger partial charge in [-0.2, -0.15) is 0 Å². The third-order valence-corrected chi connectivity index (χ3v) is 1.61. The minimum absolute atomic E-state index is 0.0382. The first kappa shape index (κ1) is 9.71. The zero-order valence-electron chi connectivity index (χ0n) is 8.16. The second-order valence-electron chi connectivity index (χ2n) is 3.25. The Bertz CT molecular complexity index is 308. The minimum Gasteiger partial charge on any atom is -0.367 e. The van der Waals surface area contributed by atoms with Gasteiger partial charge in [-0.25, -0.2) is 4.98 Å². The Balaban J connectivity index is 2.98. The third kappa shape index (κ3) is 2.54. The van der Waals surface area contributed by atoms with E-state index in [4.69, 9.17) is 0 Å². The molecule has 0 atom stereocenters. The molecule has 0 aliphatic heterocycles. The summed E-state index contributed by atoms with van der Waals surface area (Å²) in [6.07, 6.45) is 1.68. The molecule has 0 aliphatic carbocycles. The Morgan fingerprint density at radius 1 is 1.54 bits per heavy atom. The van der Waals surface area contributed by atoms with Crippen LogP contribution in [0.4, 0.5) is 5.82 Å². The average molecular weight is 178 g/mol. The van der Waals surface area contributed by atoms with Gasteiger partial charge in [-0.15, -0.1) is 0 Å². The highest BCUT2D eigenvalue weighted by atomic mass is 16.1. The van der Waals surface area contributed by atoms with Crippen molar-refractivity contribution >= 4 is 11.6 Å². The Kier molecular flexibility index (Phi) is 3.01. The largest absolute Gasteiger partial charge is 0.367 e. The van der Waals surface area contributed by atoms with Crippen molar-refractivity contribution in [2.24, 2.45) is 0 Å². The molecule has 3 nitrogen and oxygen atoms in total. The van der Waals surface area contributed by atoms with Crippen LogP contribution in [0.2, 0.25) is 0 Å². The summed E-state index contributed by atoms with van der Waals surface area (Å²) in [6.45, 7) is 5.57. The van der Waals surface area contributed by atoms with E-state index in [0.29, 0.717) is 11.4 Å². The van der Waals surface area contributed by atoms with Gasteiger partial charge in [-0.05, 0) is 32.9 Å². The van der Waals surface area contributed by atoms with Gasteiger partial charge in [0.25, 0.3) is 0 Å². The summed E-state index contributed by atoms with van der Waals surface area (Å²) < 4.78 is 0. The summed E-state index contributed by atoms with van der Waals surface area (Å²) in [7, 11) is 0. The van der Waals surface area contributed by atoms with Gasteiger partial charge >= 0.3 is 0 Å². The summed E-state index contributed by atoms with van der Waals surface area (Å²) in [5.74, 6) is 0.709. The lowest BCUT2D eigenvalue weighted by Gasteiger charge is -2.11. The van der Waals surface area contributed by atoms with Crippen molar-refractivity contribution in [3.63, 3.8) is 0 Å². The van der Waals surface area contributed by atoms with E-state index in [0.717, 1.165) is 0 Å².